The first-order valence-electron chi connectivity index (χ1n) is 1.98. The summed E-state index contributed by atoms with van der Waals surface area (Å²) in [6.45, 7) is 0. The first kappa shape index (κ1) is 2.80. The predicted octanol–water partition coefficient (Wildman–Crippen LogP) is 0.782. The predicted molar refractivity (Wildman–Crippen MR) is 25.1 cm³/mol. The van der Waals surface area contributed by atoms with Crippen molar-refractivity contribution in [1.29, 1.82) is 1.43 Å². The molecule has 0 aliphatic heterocycles. The Morgan fingerprint density at radius 1 is 2.60 bits per heavy atom. The van der Waals surface area contributed by atoms with Gasteiger partial charge in [-0.2, -0.15) is 0 Å². The molecular weight excluding hydrogens is 107 g/mol. The van der Waals surface area contributed by atoms with Crippen molar-refractivity contribution in [2.45, 2.75) is 0 Å². The van der Waals surface area contributed by atoms with Crippen LogP contribution in [0.4, 0.5) is 0 Å². The minimum absolute atomic E-state index is 0.149. The molecule has 0 aliphatic rings. The molecule has 0 heterocycles. The van der Waals surface area contributed by atoms with Crippen molar-refractivity contribution in [2.24, 2.45) is 0 Å². The van der Waals surface area contributed by atoms with Gasteiger partial charge >= 0.3 is 0 Å². The van der Waals surface area contributed by atoms with E-state index >= 15 is 0 Å². The van der Waals surface area contributed by atoms with Gasteiger partial charge in [-0.3, -0.25) is 3.97 Å². The second-order valence-electron chi connectivity index (χ2n) is 0.285. The molecule has 1 N–H and O–H groups in total. The van der Waals surface area contributed by atoms with Gasteiger partial charge in [0.2, 0.25) is 1.43 Å². The first-order valence-corrected chi connectivity index (χ1v) is 2.59. The summed E-state index contributed by atoms with van der Waals surface area (Å²) in [5.41, 5.74) is 0. The van der Waals surface area contributed by atoms with Crippen molar-refractivity contribution in [3.8, 4) is 0 Å². The Bertz CT molecular complexity index is 34.9. The molecule has 2 nitrogen and oxygen atoms in total. The van der Waals surface area contributed by atoms with E-state index in [-0.39, 0.29) is 15.3 Å². The van der Waals surface area contributed by atoms with Crippen LogP contribution >= 0.6 is 21.1 Å². The van der Waals surface area contributed by atoms with Gasteiger partial charge in [0, 0.05) is 7.60 Å². The average molecular weight is 116 g/mol. The average Bonchev–Trinajstić information content (AvgIpc) is 1.69. The molecule has 0 aromatic carbocycles. The van der Waals surface area contributed by atoms with Crippen molar-refractivity contribution >= 4 is 21.1 Å². The minimum Gasteiger partial charge on any atom is -0.351 e. The topological polar surface area (TPSA) is 29.5 Å². The molecule has 0 fully saturated rings. The summed E-state index contributed by atoms with van der Waals surface area (Å²) in [5.74, 6) is 0. The van der Waals surface area contributed by atoms with Crippen LogP contribution in [-0.2, 0) is 3.97 Å². The third-order valence-corrected chi connectivity index (χ3v) is 0.837. The van der Waals surface area contributed by atoms with E-state index in [1.54, 1.807) is 0 Å². The van der Waals surface area contributed by atoms with Crippen LogP contribution in [0.25, 0.3) is 0 Å². The highest BCUT2D eigenvalue weighted by Crippen LogP contribution is 2.11. The van der Waals surface area contributed by atoms with Gasteiger partial charge in [-0.25, -0.2) is 0 Å². The second-order valence-corrected chi connectivity index (χ2v) is 1.35. The summed E-state index contributed by atoms with van der Waals surface area (Å²) >= 11 is 0.967. The van der Waals surface area contributed by atoms with Crippen LogP contribution in [0, 0.1) is 0 Å². The normalized spacial score (nSPS) is 16.0. The molecule has 0 bridgehead atoms. The Labute approximate surface area is 40.0 Å². The maximum atomic E-state index is 6.51. The Morgan fingerprint density at radius 3 is 4.20 bits per heavy atom. The largest absolute Gasteiger partial charge is 0.351 e. The first-order chi connectivity index (χ1) is 3.41. The molecule has 5 heavy (non-hydrogen) atoms. The zero-order valence-electron chi connectivity index (χ0n) is 4.43. The van der Waals surface area contributed by atoms with Gasteiger partial charge in [0.15, 0.2) is 9.03 Å². The molecule has 0 amide bonds. The molecule has 1 atom stereocenters. The molecule has 0 saturated heterocycles. The van der Waals surface area contributed by atoms with E-state index in [0.717, 1.165) is 12.0 Å². The highest BCUT2D eigenvalue weighted by Gasteiger charge is 1.67. The van der Waals surface area contributed by atoms with Crippen molar-refractivity contribution in [1.82, 2.24) is 0 Å². The SMILES string of the molecule is [3H]CSOPO[3H]. The van der Waals surface area contributed by atoms with E-state index in [4.69, 9.17) is 2.80 Å². The molecular formula is CH5O2PS. The van der Waals surface area contributed by atoms with Crippen LogP contribution in [0.15, 0.2) is 0 Å². The monoisotopic (exact) mass is 116 g/mol. The third-order valence-electron chi connectivity index (χ3n) is 0.0929. The van der Waals surface area contributed by atoms with Gasteiger partial charge in [-0.15, -0.1) is 0 Å². The fourth-order valence-electron chi connectivity index (χ4n) is 0.0241. The highest BCUT2D eigenvalue weighted by atomic mass is 32.2. The Morgan fingerprint density at radius 2 is 3.60 bits per heavy atom. The summed E-state index contributed by atoms with van der Waals surface area (Å²) in [7, 11) is -0.269. The van der Waals surface area contributed by atoms with Crippen LogP contribution in [-0.4, -0.2) is 12.6 Å². The fraction of sp³-hybridized carbons (Fsp3) is 1.00. The lowest BCUT2D eigenvalue weighted by Gasteiger charge is -1.82. The number of hydrogen-bond donors (Lipinski definition) is 1. The quantitative estimate of drug-likeness (QED) is 0.335. The van der Waals surface area contributed by atoms with E-state index in [9.17, 15) is 0 Å². The highest BCUT2D eigenvalue weighted by molar-refractivity contribution is 7.96. The Balaban J connectivity index is 2.45. The van der Waals surface area contributed by atoms with Crippen LogP contribution < -0.4 is 0 Å². The summed E-state index contributed by atoms with van der Waals surface area (Å²) in [5, 5.41) is 0. The molecule has 0 saturated carbocycles. The Hall–Kier alpha value is 0.700. The molecule has 32 valence electrons. The lowest BCUT2D eigenvalue weighted by atomic mass is 12.0. The van der Waals surface area contributed by atoms with Crippen molar-refractivity contribution in [3.63, 3.8) is 0 Å². The number of hydrogen-bond acceptors (Lipinski definition) is 3. The van der Waals surface area contributed by atoms with Gasteiger partial charge in [-0.05, 0) is 12.0 Å². The zero-order chi connectivity index (χ0) is 5.54. The van der Waals surface area contributed by atoms with Crippen molar-refractivity contribution in [2.75, 3.05) is 6.23 Å². The zero-order valence-corrected chi connectivity index (χ0v) is 4.25. The molecule has 0 rings (SSSR count). The van der Waals surface area contributed by atoms with Gasteiger partial charge < -0.3 is 4.90 Å². The fourth-order valence-corrected chi connectivity index (χ4v) is 0.217. The third kappa shape index (κ3) is 4.70. The summed E-state index contributed by atoms with van der Waals surface area (Å²) in [4.78, 5) is 3.80. The molecule has 0 radical (unpaired) electrons. The molecule has 0 spiro atoms. The maximum Gasteiger partial charge on any atom is 0.218 e. The van der Waals surface area contributed by atoms with Crippen LogP contribution in [0.5, 0.6) is 0 Å². The maximum absolute atomic E-state index is 6.51. The minimum atomic E-state index is -0.269. The Kier molecular flexibility index (Phi) is 2.64. The van der Waals surface area contributed by atoms with Gasteiger partial charge in [0.05, 0.1) is 0 Å². The molecule has 0 aromatic heterocycles. The van der Waals surface area contributed by atoms with Crippen molar-refractivity contribution in [3.05, 3.63) is 0 Å². The van der Waals surface area contributed by atoms with E-state index in [1.165, 1.54) is 0 Å². The van der Waals surface area contributed by atoms with Crippen LogP contribution in [0.2, 0.25) is 0 Å². The van der Waals surface area contributed by atoms with Gasteiger partial charge in [-0.1, -0.05) is 0 Å². The van der Waals surface area contributed by atoms with Crippen LogP contribution in [0.3, 0.4) is 0 Å². The summed E-state index contributed by atoms with van der Waals surface area (Å²) in [6.07, 6.45) is 0.149. The van der Waals surface area contributed by atoms with E-state index in [0.29, 0.717) is 0 Å². The lowest BCUT2D eigenvalue weighted by Crippen LogP contribution is -1.48. The van der Waals surface area contributed by atoms with E-state index in [2.05, 4.69) is 8.87 Å². The van der Waals surface area contributed by atoms with Crippen LogP contribution in [0.1, 0.15) is 1.37 Å². The smallest absolute Gasteiger partial charge is 0.218 e. The van der Waals surface area contributed by atoms with Crippen molar-refractivity contribution < 1.29 is 10.2 Å². The van der Waals surface area contributed by atoms with E-state index in [1.807, 2.05) is 0 Å². The lowest BCUT2D eigenvalue weighted by molar-refractivity contribution is 0.556. The summed E-state index contributed by atoms with van der Waals surface area (Å²) in [6, 6.07) is 0. The molecule has 1 unspecified atom stereocenters. The molecule has 0 aromatic rings. The van der Waals surface area contributed by atoms with Gasteiger partial charge in [0.1, 0.15) is 0 Å². The molecule has 0 aliphatic carbocycles. The standard InChI is InChI=1S/CH5O2PS/c1-5-3-4-2/h2,4H,1H3/i1T,2T. The van der Waals surface area contributed by atoms with Gasteiger partial charge in [0.25, 0.3) is 0 Å². The summed E-state index contributed by atoms with van der Waals surface area (Å²) < 4.78 is 17.1. The molecule has 4 heteroatoms. The van der Waals surface area contributed by atoms with E-state index < -0.39 is 0 Å². The second kappa shape index (κ2) is 4.70. The number of rotatable bonds is 3.